The number of benzene rings is 1. The van der Waals surface area contributed by atoms with Gasteiger partial charge in [-0.05, 0) is 30.7 Å². The molecule has 142 valence electrons. The van der Waals surface area contributed by atoms with E-state index in [0.29, 0.717) is 56.0 Å². The van der Waals surface area contributed by atoms with Gasteiger partial charge in [0.05, 0.1) is 0 Å². The summed E-state index contributed by atoms with van der Waals surface area (Å²) in [7, 11) is 0. The van der Waals surface area contributed by atoms with Gasteiger partial charge in [-0.2, -0.15) is 18.2 Å². The van der Waals surface area contributed by atoms with E-state index in [2.05, 4.69) is 10.1 Å². The smallest absolute Gasteiger partial charge is 0.322 e. The molecule has 2 aromatic rings. The van der Waals surface area contributed by atoms with Crippen LogP contribution >= 0.6 is 11.6 Å². The van der Waals surface area contributed by atoms with Crippen LogP contribution in [-0.2, 0) is 6.42 Å². The van der Waals surface area contributed by atoms with Gasteiger partial charge in [0.2, 0.25) is 0 Å². The van der Waals surface area contributed by atoms with Crippen molar-refractivity contribution in [1.82, 2.24) is 15.0 Å². The molecule has 0 amide bonds. The van der Waals surface area contributed by atoms with Crippen LogP contribution in [0.1, 0.15) is 24.2 Å². The molecule has 1 aliphatic rings. The largest absolute Gasteiger partial charge is 0.389 e. The quantitative estimate of drug-likeness (QED) is 0.753. The molecule has 0 unspecified atom stereocenters. The number of halogens is 4. The Morgan fingerprint density at radius 2 is 1.77 bits per heavy atom. The van der Waals surface area contributed by atoms with Crippen LogP contribution in [0.5, 0.6) is 0 Å². The van der Waals surface area contributed by atoms with Crippen molar-refractivity contribution in [1.29, 1.82) is 0 Å². The first kappa shape index (κ1) is 19.0. The second-order valence-electron chi connectivity index (χ2n) is 6.34. The van der Waals surface area contributed by atoms with E-state index in [1.807, 2.05) is 34.1 Å². The molecule has 3 rings (SSSR count). The minimum Gasteiger partial charge on any atom is -0.322 e. The summed E-state index contributed by atoms with van der Waals surface area (Å²) >= 11 is 5.87. The van der Waals surface area contributed by atoms with E-state index in [4.69, 9.17) is 16.1 Å². The highest BCUT2D eigenvalue weighted by molar-refractivity contribution is 6.30. The highest BCUT2D eigenvalue weighted by Crippen LogP contribution is 2.22. The van der Waals surface area contributed by atoms with Gasteiger partial charge in [-0.25, -0.2) is 0 Å². The average Bonchev–Trinajstić information content (AvgIpc) is 3.05. The average molecular weight is 389 g/mol. The summed E-state index contributed by atoms with van der Waals surface area (Å²) in [5.41, 5.74) is 1.04. The molecule has 1 fully saturated rings. The van der Waals surface area contributed by atoms with Crippen molar-refractivity contribution >= 4 is 17.6 Å². The molecule has 1 saturated heterocycles. The Balaban J connectivity index is 1.46. The summed E-state index contributed by atoms with van der Waals surface area (Å²) in [6.45, 7) is 3.15. The van der Waals surface area contributed by atoms with E-state index in [1.165, 1.54) is 0 Å². The number of alkyl halides is 3. The minimum absolute atomic E-state index is 0.134. The molecule has 0 atom stereocenters. The number of hydrogen-bond acceptors (Lipinski definition) is 5. The molecule has 1 aliphatic heterocycles. The Hall–Kier alpha value is -1.80. The highest BCUT2D eigenvalue weighted by atomic mass is 35.5. The summed E-state index contributed by atoms with van der Waals surface area (Å²) in [5.74, 6) is 0.593. The number of aromatic nitrogens is 2. The van der Waals surface area contributed by atoms with Crippen molar-refractivity contribution in [2.45, 2.75) is 25.4 Å². The van der Waals surface area contributed by atoms with Gasteiger partial charge in [-0.3, -0.25) is 4.90 Å². The fraction of sp³-hybridized carbons (Fsp3) is 0.529. The monoisotopic (exact) mass is 388 g/mol. The molecular formula is C17H20ClF3N4O. The van der Waals surface area contributed by atoms with E-state index >= 15 is 0 Å². The molecule has 0 radical (unpaired) electrons. The van der Waals surface area contributed by atoms with Crippen molar-refractivity contribution in [3.8, 4) is 0 Å². The lowest BCUT2D eigenvalue weighted by Gasteiger charge is -2.33. The molecule has 0 aliphatic carbocycles. The first-order valence-corrected chi connectivity index (χ1v) is 8.88. The Morgan fingerprint density at radius 3 is 2.42 bits per heavy atom. The molecule has 0 N–H and O–H groups in total. The number of rotatable bonds is 6. The maximum absolute atomic E-state index is 12.2. The second-order valence-corrected chi connectivity index (χ2v) is 6.78. The topological polar surface area (TPSA) is 45.4 Å². The zero-order valence-corrected chi connectivity index (χ0v) is 14.9. The third-order valence-electron chi connectivity index (χ3n) is 4.31. The van der Waals surface area contributed by atoms with Gasteiger partial charge in [0, 0.05) is 44.0 Å². The van der Waals surface area contributed by atoms with Gasteiger partial charge in [0.25, 0.3) is 0 Å². The number of anilines is 1. The summed E-state index contributed by atoms with van der Waals surface area (Å²) in [6.07, 6.45) is -4.12. The molecule has 9 heteroatoms. The van der Waals surface area contributed by atoms with E-state index in [1.54, 1.807) is 0 Å². The Bertz CT molecular complexity index is 697. The lowest BCUT2D eigenvalue weighted by Crippen LogP contribution is -2.46. The van der Waals surface area contributed by atoms with Gasteiger partial charge in [-0.15, -0.1) is 0 Å². The van der Waals surface area contributed by atoms with Crippen molar-refractivity contribution in [3.63, 3.8) is 0 Å². The summed E-state index contributed by atoms with van der Waals surface area (Å²) in [4.78, 5) is 8.42. The van der Waals surface area contributed by atoms with Gasteiger partial charge in [0.1, 0.15) is 0 Å². The molecular weight excluding hydrogens is 369 g/mol. The maximum Gasteiger partial charge on any atom is 0.389 e. The maximum atomic E-state index is 12.2. The lowest BCUT2D eigenvalue weighted by molar-refractivity contribution is -0.136. The van der Waals surface area contributed by atoms with Crippen molar-refractivity contribution in [3.05, 3.63) is 40.7 Å². The molecule has 1 aromatic carbocycles. The standard InChI is InChI=1S/C17H20ClF3N4O/c18-14-4-2-13(3-5-14)12-15-22-16(26-23-15)25-10-8-24(9-11-25)7-1-6-17(19,20)21/h2-5H,1,6-12H2. The SMILES string of the molecule is FC(F)(F)CCCN1CCN(c2nc(Cc3ccc(Cl)cc3)no2)CC1. The number of hydrogen-bond donors (Lipinski definition) is 0. The predicted octanol–water partition coefficient (Wildman–Crippen LogP) is 3.78. The molecule has 26 heavy (non-hydrogen) atoms. The first-order chi connectivity index (χ1) is 12.4. The van der Waals surface area contributed by atoms with Gasteiger partial charge >= 0.3 is 12.2 Å². The van der Waals surface area contributed by atoms with Crippen LogP contribution < -0.4 is 4.90 Å². The third-order valence-corrected chi connectivity index (χ3v) is 4.56. The Morgan fingerprint density at radius 1 is 1.08 bits per heavy atom. The van der Waals surface area contributed by atoms with E-state index in [9.17, 15) is 13.2 Å². The summed E-state index contributed by atoms with van der Waals surface area (Å²) in [6, 6.07) is 7.92. The van der Waals surface area contributed by atoms with Crippen molar-refractivity contribution in [2.24, 2.45) is 0 Å². The van der Waals surface area contributed by atoms with Crippen LogP contribution in [0, 0.1) is 0 Å². The van der Waals surface area contributed by atoms with Crippen LogP contribution in [0.3, 0.4) is 0 Å². The van der Waals surface area contributed by atoms with E-state index in [0.717, 1.165) is 5.56 Å². The summed E-state index contributed by atoms with van der Waals surface area (Å²) < 4.78 is 42.0. The predicted molar refractivity (Wildman–Crippen MR) is 92.5 cm³/mol. The number of nitrogens with zero attached hydrogens (tertiary/aromatic N) is 4. The van der Waals surface area contributed by atoms with Crippen LogP contribution in [-0.4, -0.2) is 53.9 Å². The third kappa shape index (κ3) is 5.60. The van der Waals surface area contributed by atoms with E-state index in [-0.39, 0.29) is 6.42 Å². The highest BCUT2D eigenvalue weighted by Gasteiger charge is 2.27. The summed E-state index contributed by atoms with van der Waals surface area (Å²) in [5, 5.41) is 4.68. The Labute approximate surface area is 154 Å². The van der Waals surface area contributed by atoms with Gasteiger partial charge < -0.3 is 9.42 Å². The first-order valence-electron chi connectivity index (χ1n) is 8.50. The fourth-order valence-electron chi connectivity index (χ4n) is 2.90. The molecule has 0 saturated carbocycles. The van der Waals surface area contributed by atoms with Gasteiger partial charge in [0.15, 0.2) is 5.82 Å². The van der Waals surface area contributed by atoms with Crippen LogP contribution in [0.25, 0.3) is 0 Å². The van der Waals surface area contributed by atoms with Crippen LogP contribution in [0.4, 0.5) is 19.2 Å². The zero-order valence-electron chi connectivity index (χ0n) is 14.2. The fourth-order valence-corrected chi connectivity index (χ4v) is 3.02. The van der Waals surface area contributed by atoms with Crippen LogP contribution in [0.2, 0.25) is 5.02 Å². The Kier molecular flexibility index (Phi) is 6.03. The lowest BCUT2D eigenvalue weighted by atomic mass is 10.1. The zero-order chi connectivity index (χ0) is 18.6. The normalized spacial score (nSPS) is 16.2. The van der Waals surface area contributed by atoms with E-state index < -0.39 is 12.6 Å². The molecule has 2 heterocycles. The number of piperazine rings is 1. The van der Waals surface area contributed by atoms with Gasteiger partial charge in [-0.1, -0.05) is 28.9 Å². The molecule has 0 bridgehead atoms. The van der Waals surface area contributed by atoms with Crippen molar-refractivity contribution < 1.29 is 17.7 Å². The minimum atomic E-state index is -4.08. The van der Waals surface area contributed by atoms with Crippen LogP contribution in [0.15, 0.2) is 28.8 Å². The molecule has 1 aromatic heterocycles. The van der Waals surface area contributed by atoms with Crippen molar-refractivity contribution in [2.75, 3.05) is 37.6 Å². The second kappa shape index (κ2) is 8.26. The molecule has 0 spiro atoms. The molecule has 5 nitrogen and oxygen atoms in total.